The van der Waals surface area contributed by atoms with E-state index >= 15 is 0 Å². The monoisotopic (exact) mass is 306 g/mol. The number of imidazole rings is 1. The molecule has 0 aliphatic carbocycles. The number of amides is 1. The van der Waals surface area contributed by atoms with Crippen molar-refractivity contribution >= 4 is 23.2 Å². The Morgan fingerprint density at radius 2 is 2.29 bits per heavy atom. The van der Waals surface area contributed by atoms with Crippen molar-refractivity contribution < 1.29 is 4.79 Å². The average molecular weight is 306 g/mol. The van der Waals surface area contributed by atoms with Crippen molar-refractivity contribution in [2.45, 2.75) is 25.8 Å². The molecule has 2 aromatic rings. The van der Waals surface area contributed by atoms with E-state index in [1.165, 1.54) is 4.88 Å². The highest BCUT2D eigenvalue weighted by atomic mass is 32.1. The third-order valence-electron chi connectivity index (χ3n) is 3.33. The van der Waals surface area contributed by atoms with Gasteiger partial charge >= 0.3 is 0 Å². The van der Waals surface area contributed by atoms with Crippen molar-refractivity contribution in [2.75, 3.05) is 19.0 Å². The Hall–Kier alpha value is -1.82. The summed E-state index contributed by atoms with van der Waals surface area (Å²) in [6.07, 6.45) is 4.24. The van der Waals surface area contributed by atoms with Crippen LogP contribution in [-0.4, -0.2) is 29.6 Å². The Morgan fingerprint density at radius 3 is 2.90 bits per heavy atom. The summed E-state index contributed by atoms with van der Waals surface area (Å²) in [4.78, 5) is 19.5. The van der Waals surface area contributed by atoms with E-state index in [1.807, 2.05) is 36.7 Å². The number of aryl methyl sites for hydroxylation is 1. The third-order valence-corrected chi connectivity index (χ3v) is 4.27. The van der Waals surface area contributed by atoms with Gasteiger partial charge in [0.2, 0.25) is 11.9 Å². The van der Waals surface area contributed by atoms with E-state index in [9.17, 15) is 4.79 Å². The van der Waals surface area contributed by atoms with E-state index in [4.69, 9.17) is 0 Å². The van der Waals surface area contributed by atoms with Gasteiger partial charge in [0, 0.05) is 32.4 Å². The Bertz CT molecular complexity index is 575. The van der Waals surface area contributed by atoms with E-state index < -0.39 is 0 Å². The molecular weight excluding hydrogens is 284 g/mol. The van der Waals surface area contributed by atoms with Crippen LogP contribution >= 0.6 is 11.3 Å². The molecule has 6 heteroatoms. The maximum atomic E-state index is 11.8. The minimum absolute atomic E-state index is 0.0964. The van der Waals surface area contributed by atoms with Crippen LogP contribution in [0.25, 0.3) is 0 Å². The molecule has 0 spiro atoms. The fourth-order valence-electron chi connectivity index (χ4n) is 2.17. The van der Waals surface area contributed by atoms with E-state index in [0.29, 0.717) is 13.0 Å². The van der Waals surface area contributed by atoms with Crippen molar-refractivity contribution in [1.82, 2.24) is 14.9 Å². The molecule has 0 atom stereocenters. The Balaban J connectivity index is 1.73. The molecule has 0 aliphatic heterocycles. The van der Waals surface area contributed by atoms with Gasteiger partial charge in [-0.1, -0.05) is 6.07 Å². The predicted molar refractivity (Wildman–Crippen MR) is 86.6 cm³/mol. The third kappa shape index (κ3) is 4.32. The molecule has 2 rings (SSSR count). The van der Waals surface area contributed by atoms with Crippen molar-refractivity contribution in [1.29, 1.82) is 0 Å². The summed E-state index contributed by atoms with van der Waals surface area (Å²) in [7, 11) is 5.87. The van der Waals surface area contributed by atoms with Crippen LogP contribution in [0.5, 0.6) is 0 Å². The number of aromatic nitrogens is 2. The molecule has 0 fully saturated rings. The highest BCUT2D eigenvalue weighted by Crippen LogP contribution is 2.12. The largest absolute Gasteiger partial charge is 0.350 e. The number of nitrogens with one attached hydrogen (secondary N) is 1. The number of hydrogen-bond acceptors (Lipinski definition) is 4. The van der Waals surface area contributed by atoms with Gasteiger partial charge in [0.25, 0.3) is 0 Å². The van der Waals surface area contributed by atoms with Gasteiger partial charge in [-0.25, -0.2) is 4.98 Å². The second kappa shape index (κ2) is 7.26. The molecular formula is C15H22N4OS. The van der Waals surface area contributed by atoms with E-state index in [0.717, 1.165) is 24.5 Å². The molecule has 1 N–H and O–H groups in total. The lowest BCUT2D eigenvalue weighted by Crippen LogP contribution is -2.24. The van der Waals surface area contributed by atoms with Crippen LogP contribution in [0.4, 0.5) is 5.95 Å². The molecule has 0 unspecified atom stereocenters. The fraction of sp³-hybridized carbons (Fsp3) is 0.467. The standard InChI is InChI=1S/C15H22N4OS/c1-18(2)15-17-11-12(19(15)3)10-16-14(20)8-4-6-13-7-5-9-21-13/h5,7,9,11H,4,6,8,10H2,1-3H3,(H,16,20). The van der Waals surface area contributed by atoms with Crippen LogP contribution in [-0.2, 0) is 24.8 Å². The minimum atomic E-state index is 0.0964. The summed E-state index contributed by atoms with van der Waals surface area (Å²) in [5, 5.41) is 5.03. The normalized spacial score (nSPS) is 10.6. The smallest absolute Gasteiger partial charge is 0.220 e. The predicted octanol–water partition coefficient (Wildman–Crippen LogP) is 2.19. The van der Waals surface area contributed by atoms with Crippen LogP contribution in [0.15, 0.2) is 23.7 Å². The number of thiophene rings is 1. The summed E-state index contributed by atoms with van der Waals surface area (Å²) in [6, 6.07) is 4.16. The van der Waals surface area contributed by atoms with E-state index in [2.05, 4.69) is 21.7 Å². The van der Waals surface area contributed by atoms with Crippen LogP contribution in [0.3, 0.4) is 0 Å². The molecule has 0 saturated heterocycles. The number of carbonyl (C=O) groups excluding carboxylic acids is 1. The molecule has 1 amide bonds. The van der Waals surface area contributed by atoms with Crippen molar-refractivity contribution in [2.24, 2.45) is 7.05 Å². The number of nitrogens with zero attached hydrogens (tertiary/aromatic N) is 3. The number of anilines is 1. The lowest BCUT2D eigenvalue weighted by atomic mass is 10.2. The summed E-state index contributed by atoms with van der Waals surface area (Å²) in [5.41, 5.74) is 1.00. The summed E-state index contributed by atoms with van der Waals surface area (Å²) in [6.45, 7) is 0.523. The van der Waals surface area contributed by atoms with Gasteiger partial charge in [-0.2, -0.15) is 0 Å². The van der Waals surface area contributed by atoms with Crippen molar-refractivity contribution in [3.05, 3.63) is 34.3 Å². The van der Waals surface area contributed by atoms with Crippen LogP contribution < -0.4 is 10.2 Å². The molecule has 5 nitrogen and oxygen atoms in total. The van der Waals surface area contributed by atoms with Gasteiger partial charge in [-0.3, -0.25) is 4.79 Å². The molecule has 21 heavy (non-hydrogen) atoms. The second-order valence-electron chi connectivity index (χ2n) is 5.21. The molecule has 2 aromatic heterocycles. The number of hydrogen-bond donors (Lipinski definition) is 1. The molecule has 2 heterocycles. The van der Waals surface area contributed by atoms with Crippen molar-refractivity contribution in [3.8, 4) is 0 Å². The molecule has 114 valence electrons. The first-order valence-electron chi connectivity index (χ1n) is 7.05. The molecule has 0 aromatic carbocycles. The van der Waals surface area contributed by atoms with Gasteiger partial charge in [-0.15, -0.1) is 11.3 Å². The lowest BCUT2D eigenvalue weighted by molar-refractivity contribution is -0.121. The lowest BCUT2D eigenvalue weighted by Gasteiger charge is -2.12. The highest BCUT2D eigenvalue weighted by Gasteiger charge is 2.09. The molecule has 0 radical (unpaired) electrons. The van der Waals surface area contributed by atoms with Crippen LogP contribution in [0.1, 0.15) is 23.4 Å². The molecule has 0 aliphatic rings. The highest BCUT2D eigenvalue weighted by molar-refractivity contribution is 7.09. The van der Waals surface area contributed by atoms with Crippen LogP contribution in [0.2, 0.25) is 0 Å². The quantitative estimate of drug-likeness (QED) is 0.853. The average Bonchev–Trinajstić information content (AvgIpc) is 3.06. The van der Waals surface area contributed by atoms with Crippen molar-refractivity contribution in [3.63, 3.8) is 0 Å². The topological polar surface area (TPSA) is 50.2 Å². The van der Waals surface area contributed by atoms with Crippen LogP contribution in [0, 0.1) is 0 Å². The first-order valence-corrected chi connectivity index (χ1v) is 7.93. The maximum Gasteiger partial charge on any atom is 0.220 e. The molecule has 0 saturated carbocycles. The first-order chi connectivity index (χ1) is 10.1. The first kappa shape index (κ1) is 15.6. The van der Waals surface area contributed by atoms with Gasteiger partial charge in [0.15, 0.2) is 0 Å². The summed E-state index contributed by atoms with van der Waals surface area (Å²) >= 11 is 1.74. The van der Waals surface area contributed by atoms with E-state index in [-0.39, 0.29) is 5.91 Å². The zero-order valence-corrected chi connectivity index (χ0v) is 13.6. The second-order valence-corrected chi connectivity index (χ2v) is 6.24. The number of carbonyl (C=O) groups is 1. The zero-order valence-electron chi connectivity index (χ0n) is 12.8. The minimum Gasteiger partial charge on any atom is -0.350 e. The maximum absolute atomic E-state index is 11.8. The van der Waals surface area contributed by atoms with Gasteiger partial charge in [0.1, 0.15) is 0 Å². The Kier molecular flexibility index (Phi) is 5.38. The van der Waals surface area contributed by atoms with Gasteiger partial charge in [0.05, 0.1) is 18.4 Å². The summed E-state index contributed by atoms with van der Waals surface area (Å²) in [5.74, 6) is 0.983. The van der Waals surface area contributed by atoms with E-state index in [1.54, 1.807) is 17.5 Å². The zero-order chi connectivity index (χ0) is 15.2. The Morgan fingerprint density at radius 1 is 1.48 bits per heavy atom. The SMILES string of the molecule is CN(C)c1ncc(CNC(=O)CCCc2cccs2)n1C. The Labute approximate surface area is 129 Å². The fourth-order valence-corrected chi connectivity index (χ4v) is 2.92. The summed E-state index contributed by atoms with van der Waals surface area (Å²) < 4.78 is 1.99. The van der Waals surface area contributed by atoms with Gasteiger partial charge < -0.3 is 14.8 Å². The number of rotatable bonds is 7. The molecule has 0 bridgehead atoms. The van der Waals surface area contributed by atoms with Gasteiger partial charge in [-0.05, 0) is 24.3 Å².